The summed E-state index contributed by atoms with van der Waals surface area (Å²) in [6, 6.07) is 6.50. The first-order valence-corrected chi connectivity index (χ1v) is 12.0. The van der Waals surface area contributed by atoms with Crippen molar-refractivity contribution < 1.29 is 14.0 Å². The number of benzene rings is 1. The molecule has 2 aromatic rings. The Bertz CT molecular complexity index is 936. The Hall–Kier alpha value is -2.52. The summed E-state index contributed by atoms with van der Waals surface area (Å²) in [6.45, 7) is 8.44. The molecule has 0 saturated carbocycles. The molecule has 172 valence electrons. The highest BCUT2D eigenvalue weighted by molar-refractivity contribution is 7.15. The summed E-state index contributed by atoms with van der Waals surface area (Å²) in [4.78, 5) is 37.2. The monoisotopic (exact) mass is 459 g/mol. The molecule has 0 aliphatic carbocycles. The van der Waals surface area contributed by atoms with Crippen molar-refractivity contribution in [2.24, 2.45) is 5.92 Å². The maximum Gasteiger partial charge on any atom is 0.240 e. The number of carbonyl (C=O) groups excluding carboxylic acids is 2. The average molecular weight is 460 g/mol. The summed E-state index contributed by atoms with van der Waals surface area (Å²) in [5.41, 5.74) is 1.92. The lowest BCUT2D eigenvalue weighted by atomic mass is 9.96. The average Bonchev–Trinajstić information content (AvgIpc) is 3.10. The second-order valence-corrected chi connectivity index (χ2v) is 9.78. The molecule has 1 N–H and O–H groups in total. The Morgan fingerprint density at radius 2 is 1.84 bits per heavy atom. The van der Waals surface area contributed by atoms with Gasteiger partial charge in [-0.25, -0.2) is 9.37 Å². The van der Waals surface area contributed by atoms with Gasteiger partial charge in [0.25, 0.3) is 0 Å². The van der Waals surface area contributed by atoms with Gasteiger partial charge in [-0.3, -0.25) is 14.5 Å². The molecular weight excluding hydrogens is 429 g/mol. The lowest BCUT2D eigenvalue weighted by molar-refractivity contribution is -0.138. The van der Waals surface area contributed by atoms with E-state index in [1.165, 1.54) is 23.5 Å². The van der Waals surface area contributed by atoms with Crippen molar-refractivity contribution in [1.29, 1.82) is 0 Å². The standard InChI is InChI=1S/C23H30FN5O2S/c1-16-17(2)32-23(25-16)26-21(30)15-27-9-3-4-18(14-27)22(31)29-12-10-28(11-13-29)20-7-5-19(24)6-8-20/h5-8,18H,3-4,9-15H2,1-2H3,(H,25,26,30). The third-order valence-electron chi connectivity index (χ3n) is 6.28. The maximum absolute atomic E-state index is 13.2. The van der Waals surface area contributed by atoms with E-state index in [0.29, 0.717) is 24.8 Å². The molecule has 1 aromatic heterocycles. The molecule has 1 unspecified atom stereocenters. The van der Waals surface area contributed by atoms with Gasteiger partial charge in [-0.05, 0) is 57.5 Å². The molecule has 9 heteroatoms. The maximum atomic E-state index is 13.2. The van der Waals surface area contributed by atoms with E-state index in [-0.39, 0.29) is 30.1 Å². The number of amides is 2. The topological polar surface area (TPSA) is 68.8 Å². The van der Waals surface area contributed by atoms with Gasteiger partial charge in [0.05, 0.1) is 18.2 Å². The SMILES string of the molecule is Cc1nc(NC(=O)CN2CCCC(C(=O)N3CCN(c4ccc(F)cc4)CC3)C2)sc1C. The van der Waals surface area contributed by atoms with Gasteiger partial charge < -0.3 is 15.1 Å². The quantitative estimate of drug-likeness (QED) is 0.745. The van der Waals surface area contributed by atoms with E-state index in [2.05, 4.69) is 20.1 Å². The number of nitrogens with zero attached hydrogens (tertiary/aromatic N) is 4. The minimum atomic E-state index is -0.241. The van der Waals surface area contributed by atoms with Crippen molar-refractivity contribution in [2.75, 3.05) is 56.0 Å². The Labute approximate surface area is 192 Å². The van der Waals surface area contributed by atoms with Crippen LogP contribution in [0.25, 0.3) is 0 Å². The fourth-order valence-electron chi connectivity index (χ4n) is 4.38. The van der Waals surface area contributed by atoms with E-state index >= 15 is 0 Å². The highest BCUT2D eigenvalue weighted by atomic mass is 32.1. The van der Waals surface area contributed by atoms with Crippen LogP contribution in [0.5, 0.6) is 0 Å². The number of hydrogen-bond acceptors (Lipinski definition) is 6. The predicted octanol–water partition coefficient (Wildman–Crippen LogP) is 2.90. The Kier molecular flexibility index (Phi) is 7.05. The van der Waals surface area contributed by atoms with Gasteiger partial charge in [0.2, 0.25) is 11.8 Å². The fraction of sp³-hybridized carbons (Fsp3) is 0.522. The first-order valence-electron chi connectivity index (χ1n) is 11.1. The smallest absolute Gasteiger partial charge is 0.240 e. The molecule has 3 heterocycles. The van der Waals surface area contributed by atoms with Crippen molar-refractivity contribution >= 4 is 34.0 Å². The predicted molar refractivity (Wildman–Crippen MR) is 125 cm³/mol. The van der Waals surface area contributed by atoms with E-state index < -0.39 is 0 Å². The van der Waals surface area contributed by atoms with E-state index in [0.717, 1.165) is 48.7 Å². The number of thiazole rings is 1. The van der Waals surface area contributed by atoms with Gasteiger partial charge >= 0.3 is 0 Å². The molecule has 1 atom stereocenters. The number of hydrogen-bond donors (Lipinski definition) is 1. The third-order valence-corrected chi connectivity index (χ3v) is 7.27. The molecule has 2 amide bonds. The normalized spacial score (nSPS) is 19.8. The summed E-state index contributed by atoms with van der Waals surface area (Å²) < 4.78 is 13.2. The van der Waals surface area contributed by atoms with Crippen LogP contribution in [0.1, 0.15) is 23.4 Å². The van der Waals surface area contributed by atoms with E-state index in [1.807, 2.05) is 18.7 Å². The summed E-state index contributed by atoms with van der Waals surface area (Å²) >= 11 is 1.48. The first-order chi connectivity index (χ1) is 15.4. The van der Waals surface area contributed by atoms with Crippen molar-refractivity contribution in [1.82, 2.24) is 14.8 Å². The second kappa shape index (κ2) is 9.95. The highest BCUT2D eigenvalue weighted by Crippen LogP contribution is 2.23. The van der Waals surface area contributed by atoms with Crippen LogP contribution in [0.3, 0.4) is 0 Å². The van der Waals surface area contributed by atoms with Crippen molar-refractivity contribution in [3.8, 4) is 0 Å². The molecule has 0 bridgehead atoms. The van der Waals surface area contributed by atoms with Gasteiger partial charge in [0.1, 0.15) is 5.82 Å². The molecule has 2 aliphatic rings. The number of likely N-dealkylation sites (tertiary alicyclic amines) is 1. The molecule has 1 aromatic carbocycles. The van der Waals surface area contributed by atoms with E-state index in [1.54, 1.807) is 12.1 Å². The summed E-state index contributed by atoms with van der Waals surface area (Å²) in [5, 5.41) is 3.52. The summed E-state index contributed by atoms with van der Waals surface area (Å²) in [6.07, 6.45) is 1.77. The number of halogens is 1. The van der Waals surface area contributed by atoms with Crippen LogP contribution >= 0.6 is 11.3 Å². The van der Waals surface area contributed by atoms with Crippen molar-refractivity contribution in [3.63, 3.8) is 0 Å². The minimum absolute atomic E-state index is 0.0710. The second-order valence-electron chi connectivity index (χ2n) is 8.57. The van der Waals surface area contributed by atoms with Crippen LogP contribution in [-0.2, 0) is 9.59 Å². The van der Waals surface area contributed by atoms with Gasteiger partial charge in [0, 0.05) is 43.3 Å². The zero-order valence-corrected chi connectivity index (χ0v) is 19.5. The van der Waals surface area contributed by atoms with Gasteiger partial charge in [-0.1, -0.05) is 0 Å². The summed E-state index contributed by atoms with van der Waals surface area (Å²) in [5.74, 6) is -0.215. The molecule has 2 aliphatic heterocycles. The van der Waals surface area contributed by atoms with Crippen LogP contribution in [-0.4, -0.2) is 72.4 Å². The lowest BCUT2D eigenvalue weighted by Crippen LogP contribution is -2.53. The van der Waals surface area contributed by atoms with Crippen LogP contribution in [0.2, 0.25) is 0 Å². The van der Waals surface area contributed by atoms with Crippen LogP contribution in [0.4, 0.5) is 15.2 Å². The van der Waals surface area contributed by atoms with Crippen molar-refractivity contribution in [2.45, 2.75) is 26.7 Å². The van der Waals surface area contributed by atoms with Gasteiger partial charge in [-0.15, -0.1) is 11.3 Å². The van der Waals surface area contributed by atoms with Crippen LogP contribution in [0, 0.1) is 25.6 Å². The molecule has 7 nitrogen and oxygen atoms in total. The number of piperazine rings is 1. The molecule has 2 fully saturated rings. The molecule has 2 saturated heterocycles. The van der Waals surface area contributed by atoms with Crippen LogP contribution < -0.4 is 10.2 Å². The van der Waals surface area contributed by atoms with E-state index in [9.17, 15) is 14.0 Å². The number of anilines is 2. The number of nitrogens with one attached hydrogen (secondary N) is 1. The zero-order valence-electron chi connectivity index (χ0n) is 18.6. The fourth-order valence-corrected chi connectivity index (χ4v) is 5.21. The Morgan fingerprint density at radius 3 is 2.50 bits per heavy atom. The number of rotatable bonds is 5. The molecule has 4 rings (SSSR count). The minimum Gasteiger partial charge on any atom is -0.368 e. The third kappa shape index (κ3) is 5.45. The van der Waals surface area contributed by atoms with Gasteiger partial charge in [0.15, 0.2) is 5.13 Å². The number of aromatic nitrogens is 1. The number of carbonyl (C=O) groups is 2. The summed E-state index contributed by atoms with van der Waals surface area (Å²) in [7, 11) is 0. The Balaban J connectivity index is 1.26. The van der Waals surface area contributed by atoms with Crippen LogP contribution in [0.15, 0.2) is 24.3 Å². The molecule has 0 radical (unpaired) electrons. The molecule has 32 heavy (non-hydrogen) atoms. The Morgan fingerprint density at radius 1 is 1.12 bits per heavy atom. The largest absolute Gasteiger partial charge is 0.368 e. The lowest BCUT2D eigenvalue weighted by Gasteiger charge is -2.39. The van der Waals surface area contributed by atoms with Gasteiger partial charge in [-0.2, -0.15) is 0 Å². The van der Waals surface area contributed by atoms with Crippen molar-refractivity contribution in [3.05, 3.63) is 40.7 Å². The highest BCUT2D eigenvalue weighted by Gasteiger charge is 2.31. The molecular formula is C23H30FN5O2S. The first kappa shape index (κ1) is 22.7. The molecule has 0 spiro atoms. The number of piperidine rings is 1. The zero-order chi connectivity index (χ0) is 22.7. The number of aryl methyl sites for hydroxylation is 2. The van der Waals surface area contributed by atoms with E-state index in [4.69, 9.17) is 0 Å².